The summed E-state index contributed by atoms with van der Waals surface area (Å²) in [4.78, 5) is 17.3. The van der Waals surface area contributed by atoms with Crippen LogP contribution in [0.5, 0.6) is 0 Å². The Kier molecular flexibility index (Phi) is 7.53. The van der Waals surface area contributed by atoms with E-state index in [1.54, 1.807) is 32.1 Å². The predicted molar refractivity (Wildman–Crippen MR) is 126 cm³/mol. The van der Waals surface area contributed by atoms with Gasteiger partial charge in [0.05, 0.1) is 21.7 Å². The Morgan fingerprint density at radius 2 is 1.94 bits per heavy atom. The van der Waals surface area contributed by atoms with Gasteiger partial charge in [0, 0.05) is 25.3 Å². The van der Waals surface area contributed by atoms with Gasteiger partial charge in [-0.05, 0) is 30.3 Å². The average molecular weight is 459 g/mol. The minimum Gasteiger partial charge on any atom is -0.325 e. The quantitative estimate of drug-likeness (QED) is 0.367. The molecule has 0 aliphatic heterocycles. The lowest BCUT2D eigenvalue weighted by molar-refractivity contribution is -0.113. The molecule has 0 unspecified atom stereocenters. The normalized spacial score (nSPS) is 11.7. The first-order chi connectivity index (χ1) is 14.9. The van der Waals surface area contributed by atoms with Gasteiger partial charge in [0.25, 0.3) is 0 Å². The molecule has 0 fully saturated rings. The van der Waals surface area contributed by atoms with E-state index in [-0.39, 0.29) is 16.6 Å². The fourth-order valence-electron chi connectivity index (χ4n) is 3.24. The number of hydrogen-bond donors (Lipinski definition) is 1. The van der Waals surface area contributed by atoms with Gasteiger partial charge < -0.3 is 9.88 Å². The number of aromatic nitrogens is 2. The summed E-state index contributed by atoms with van der Waals surface area (Å²) in [5, 5.41) is 3.52. The molecule has 0 spiro atoms. The number of para-hydroxylation sites is 2. The summed E-state index contributed by atoms with van der Waals surface area (Å²) in [6, 6.07) is 14.1. The Labute approximate surface area is 187 Å². The second kappa shape index (κ2) is 10.1. The van der Waals surface area contributed by atoms with Crippen LogP contribution in [-0.4, -0.2) is 47.0 Å². The molecule has 31 heavy (non-hydrogen) atoms. The maximum Gasteiger partial charge on any atom is 0.243 e. The van der Waals surface area contributed by atoms with Gasteiger partial charge >= 0.3 is 0 Å². The molecule has 164 valence electrons. The molecule has 0 aliphatic rings. The summed E-state index contributed by atoms with van der Waals surface area (Å²) in [6.07, 6.45) is 1.79. The highest BCUT2D eigenvalue weighted by Crippen LogP contribution is 2.25. The molecule has 0 bridgehead atoms. The van der Waals surface area contributed by atoms with Crippen LogP contribution in [0.1, 0.15) is 13.8 Å². The van der Waals surface area contributed by atoms with Crippen molar-refractivity contribution in [1.82, 2.24) is 13.9 Å². The van der Waals surface area contributed by atoms with Crippen LogP contribution in [0.3, 0.4) is 0 Å². The van der Waals surface area contributed by atoms with E-state index >= 15 is 0 Å². The number of fused-ring (bicyclic) bond motifs is 1. The number of thioether (sulfide) groups is 1. The zero-order valence-corrected chi connectivity index (χ0v) is 19.2. The average Bonchev–Trinajstić information content (AvgIpc) is 3.11. The van der Waals surface area contributed by atoms with Crippen LogP contribution >= 0.6 is 11.8 Å². The topological polar surface area (TPSA) is 84.3 Å². The lowest BCUT2D eigenvalue weighted by Crippen LogP contribution is -2.30. The smallest absolute Gasteiger partial charge is 0.243 e. The third kappa shape index (κ3) is 5.17. The van der Waals surface area contributed by atoms with Crippen LogP contribution in [0.25, 0.3) is 11.0 Å². The molecule has 7 nitrogen and oxygen atoms in total. The summed E-state index contributed by atoms with van der Waals surface area (Å²) < 4.78 is 28.8. The number of sulfonamides is 1. The number of anilines is 1. The molecule has 0 saturated carbocycles. The van der Waals surface area contributed by atoms with Gasteiger partial charge in [0.2, 0.25) is 15.9 Å². The Hall–Kier alpha value is -2.62. The molecule has 3 rings (SSSR count). The molecule has 9 heteroatoms. The maximum absolute atomic E-state index is 12.7. The highest BCUT2D eigenvalue weighted by atomic mass is 32.2. The van der Waals surface area contributed by atoms with Gasteiger partial charge in [-0.3, -0.25) is 4.79 Å². The molecule has 1 amide bonds. The number of allylic oxidation sites excluding steroid dienone is 1. The van der Waals surface area contributed by atoms with Gasteiger partial charge in [-0.1, -0.05) is 49.9 Å². The zero-order valence-electron chi connectivity index (χ0n) is 17.6. The summed E-state index contributed by atoms with van der Waals surface area (Å²) in [6.45, 7) is 8.75. The monoisotopic (exact) mass is 458 g/mol. The van der Waals surface area contributed by atoms with Crippen LogP contribution < -0.4 is 5.32 Å². The van der Waals surface area contributed by atoms with Gasteiger partial charge in [-0.2, -0.15) is 4.31 Å². The van der Waals surface area contributed by atoms with Gasteiger partial charge in [0.15, 0.2) is 5.16 Å². The lowest BCUT2D eigenvalue weighted by Gasteiger charge is -2.18. The third-order valence-electron chi connectivity index (χ3n) is 4.72. The molecule has 2 aromatic carbocycles. The van der Waals surface area contributed by atoms with E-state index in [2.05, 4.69) is 16.9 Å². The number of amides is 1. The number of rotatable bonds is 10. The van der Waals surface area contributed by atoms with Crippen molar-refractivity contribution < 1.29 is 13.2 Å². The Balaban J connectivity index is 1.72. The standard InChI is InChI=1S/C22H26N4O3S2/c1-4-14-26-20-13-8-7-12-19(20)24-22(26)30-16-21(27)23-17-10-9-11-18(15-17)31(28,29)25(5-2)6-3/h4,7-13,15H,1,5-6,14,16H2,2-3H3,(H,23,27). The first-order valence-corrected chi connectivity index (χ1v) is 12.4. The van der Waals surface area contributed by atoms with Gasteiger partial charge in [-0.25, -0.2) is 13.4 Å². The van der Waals surface area contributed by atoms with Crippen LogP contribution in [-0.2, 0) is 21.4 Å². The summed E-state index contributed by atoms with van der Waals surface area (Å²) in [5.41, 5.74) is 2.29. The first kappa shape index (κ1) is 23.1. The Morgan fingerprint density at radius 1 is 1.19 bits per heavy atom. The van der Waals surface area contributed by atoms with E-state index in [1.807, 2.05) is 28.8 Å². The summed E-state index contributed by atoms with van der Waals surface area (Å²) in [7, 11) is -3.59. The molecular formula is C22H26N4O3S2. The molecule has 0 saturated heterocycles. The van der Waals surface area contributed by atoms with E-state index in [9.17, 15) is 13.2 Å². The van der Waals surface area contributed by atoms with E-state index < -0.39 is 10.0 Å². The fourth-order valence-corrected chi connectivity index (χ4v) is 5.57. The highest BCUT2D eigenvalue weighted by Gasteiger charge is 2.22. The molecule has 0 atom stereocenters. The van der Waals surface area contributed by atoms with Crippen molar-refractivity contribution in [2.45, 2.75) is 30.4 Å². The first-order valence-electron chi connectivity index (χ1n) is 9.99. The predicted octanol–water partition coefficient (Wildman–Crippen LogP) is 3.98. The minimum atomic E-state index is -3.59. The van der Waals surface area contributed by atoms with Crippen LogP contribution in [0.4, 0.5) is 5.69 Å². The molecule has 1 heterocycles. The summed E-state index contributed by atoms with van der Waals surface area (Å²) in [5.74, 6) is -0.0902. The Bertz CT molecular complexity index is 1180. The number of imidazole rings is 1. The van der Waals surface area contributed by atoms with Gasteiger partial charge in [0.1, 0.15) is 0 Å². The van der Waals surface area contributed by atoms with Crippen molar-refractivity contribution in [3.63, 3.8) is 0 Å². The van der Waals surface area contributed by atoms with E-state index in [1.165, 1.54) is 28.2 Å². The van der Waals surface area contributed by atoms with Crippen LogP contribution in [0.15, 0.2) is 71.2 Å². The van der Waals surface area contributed by atoms with Crippen molar-refractivity contribution in [2.75, 3.05) is 24.2 Å². The van der Waals surface area contributed by atoms with E-state index in [0.717, 1.165) is 16.2 Å². The van der Waals surface area contributed by atoms with Crippen molar-refractivity contribution in [1.29, 1.82) is 0 Å². The number of nitrogens with zero attached hydrogens (tertiary/aromatic N) is 3. The number of carbonyl (C=O) groups excluding carboxylic acids is 1. The zero-order chi connectivity index (χ0) is 22.4. The number of carbonyl (C=O) groups is 1. The van der Waals surface area contributed by atoms with E-state index in [0.29, 0.717) is 25.3 Å². The molecule has 3 aromatic rings. The van der Waals surface area contributed by atoms with Crippen LogP contribution in [0, 0.1) is 0 Å². The molecule has 1 N–H and O–H groups in total. The Morgan fingerprint density at radius 3 is 2.65 bits per heavy atom. The van der Waals surface area contributed by atoms with Gasteiger partial charge in [-0.15, -0.1) is 6.58 Å². The molecule has 0 aliphatic carbocycles. The largest absolute Gasteiger partial charge is 0.325 e. The lowest BCUT2D eigenvalue weighted by atomic mass is 10.3. The fraction of sp³-hybridized carbons (Fsp3) is 0.273. The van der Waals surface area contributed by atoms with Crippen molar-refractivity contribution in [2.24, 2.45) is 0 Å². The SMILES string of the molecule is C=CCn1c(SCC(=O)Nc2cccc(S(=O)(=O)N(CC)CC)c2)nc2ccccc21. The third-order valence-corrected chi connectivity index (χ3v) is 7.75. The summed E-state index contributed by atoms with van der Waals surface area (Å²) >= 11 is 1.33. The second-order valence-electron chi connectivity index (χ2n) is 6.74. The molecule has 1 aromatic heterocycles. The van der Waals surface area contributed by atoms with E-state index in [4.69, 9.17) is 0 Å². The minimum absolute atomic E-state index is 0.146. The molecular weight excluding hydrogens is 432 g/mol. The molecule has 0 radical (unpaired) electrons. The number of hydrogen-bond acceptors (Lipinski definition) is 5. The van der Waals surface area contributed by atoms with Crippen molar-refractivity contribution in [3.05, 3.63) is 61.2 Å². The number of benzene rings is 2. The number of nitrogens with one attached hydrogen (secondary N) is 1. The van der Waals surface area contributed by atoms with Crippen molar-refractivity contribution >= 4 is 44.4 Å². The van der Waals surface area contributed by atoms with Crippen LogP contribution in [0.2, 0.25) is 0 Å². The highest BCUT2D eigenvalue weighted by molar-refractivity contribution is 7.99. The maximum atomic E-state index is 12.7. The second-order valence-corrected chi connectivity index (χ2v) is 9.62. The van der Waals surface area contributed by atoms with Crippen molar-refractivity contribution in [3.8, 4) is 0 Å².